The zero-order valence-electron chi connectivity index (χ0n) is 16.8. The van der Waals surface area contributed by atoms with Crippen LogP contribution in [0.1, 0.15) is 37.4 Å². The Morgan fingerprint density at radius 3 is 2.43 bits per heavy atom. The van der Waals surface area contributed by atoms with Gasteiger partial charge in [-0.15, -0.1) is 0 Å². The molecular formula is C24H23N3O3. The first-order valence-electron chi connectivity index (χ1n) is 9.87. The van der Waals surface area contributed by atoms with Crippen molar-refractivity contribution in [2.75, 3.05) is 18.6 Å². The molecular weight excluding hydrogens is 378 g/mol. The first-order chi connectivity index (χ1) is 14.6. The summed E-state index contributed by atoms with van der Waals surface area (Å²) in [4.78, 5) is 30.7. The van der Waals surface area contributed by atoms with Gasteiger partial charge in [0.25, 0.3) is 5.91 Å². The number of methoxy groups -OCH3 is 1. The number of aromatic nitrogens is 1. The van der Waals surface area contributed by atoms with Crippen LogP contribution in [0.2, 0.25) is 0 Å². The number of pyridine rings is 1. The third kappa shape index (κ3) is 4.33. The average Bonchev–Trinajstić information content (AvgIpc) is 2.82. The second-order valence-electron chi connectivity index (χ2n) is 7.22. The molecule has 152 valence electrons. The highest BCUT2D eigenvalue weighted by Gasteiger charge is 2.17. The molecule has 1 aromatic heterocycles. The van der Waals surface area contributed by atoms with Crippen LogP contribution in [-0.4, -0.2) is 30.5 Å². The maximum Gasteiger partial charge on any atom is 0.337 e. The molecule has 30 heavy (non-hydrogen) atoms. The molecule has 0 atom stereocenters. The van der Waals surface area contributed by atoms with Crippen molar-refractivity contribution in [1.29, 1.82) is 0 Å². The lowest BCUT2D eigenvalue weighted by molar-refractivity contribution is 0.0600. The van der Waals surface area contributed by atoms with E-state index in [9.17, 15) is 9.59 Å². The summed E-state index contributed by atoms with van der Waals surface area (Å²) >= 11 is 0. The quantitative estimate of drug-likeness (QED) is 0.664. The van der Waals surface area contributed by atoms with Crippen molar-refractivity contribution in [1.82, 2.24) is 10.3 Å². The number of ether oxygens (including phenoxy) is 1. The fourth-order valence-corrected chi connectivity index (χ4v) is 3.56. The molecule has 1 aliphatic heterocycles. The summed E-state index contributed by atoms with van der Waals surface area (Å²) in [5.41, 5.74) is 4.58. The number of amides is 1. The average molecular weight is 401 g/mol. The Hall–Kier alpha value is -3.67. The van der Waals surface area contributed by atoms with E-state index in [1.165, 1.54) is 18.2 Å². The van der Waals surface area contributed by atoms with Crippen LogP contribution in [0.15, 0.2) is 66.9 Å². The number of hydrogen-bond donors (Lipinski definition) is 1. The Balaban J connectivity index is 1.34. The first kappa shape index (κ1) is 19.6. The smallest absolute Gasteiger partial charge is 0.337 e. The monoisotopic (exact) mass is 401 g/mol. The minimum absolute atomic E-state index is 0.205. The van der Waals surface area contributed by atoms with E-state index >= 15 is 0 Å². The van der Waals surface area contributed by atoms with Crippen molar-refractivity contribution in [3.05, 3.63) is 94.7 Å². The van der Waals surface area contributed by atoms with E-state index in [0.29, 0.717) is 17.7 Å². The van der Waals surface area contributed by atoms with E-state index < -0.39 is 5.97 Å². The van der Waals surface area contributed by atoms with E-state index in [-0.39, 0.29) is 5.91 Å². The molecule has 6 nitrogen and oxygen atoms in total. The number of benzene rings is 2. The molecule has 0 bridgehead atoms. The predicted molar refractivity (Wildman–Crippen MR) is 114 cm³/mol. The first-order valence-corrected chi connectivity index (χ1v) is 9.87. The van der Waals surface area contributed by atoms with Gasteiger partial charge in [-0.05, 0) is 53.4 Å². The minimum Gasteiger partial charge on any atom is -0.465 e. The van der Waals surface area contributed by atoms with Crippen LogP contribution in [0.3, 0.4) is 0 Å². The van der Waals surface area contributed by atoms with E-state index in [1.807, 2.05) is 12.1 Å². The Morgan fingerprint density at radius 2 is 1.73 bits per heavy atom. The highest BCUT2D eigenvalue weighted by atomic mass is 16.5. The predicted octanol–water partition coefficient (Wildman–Crippen LogP) is 3.36. The lowest BCUT2D eigenvalue weighted by Crippen LogP contribution is -2.31. The number of rotatable bonds is 5. The van der Waals surface area contributed by atoms with Crippen molar-refractivity contribution >= 4 is 17.7 Å². The van der Waals surface area contributed by atoms with Gasteiger partial charge in [-0.3, -0.25) is 4.79 Å². The van der Waals surface area contributed by atoms with Crippen molar-refractivity contribution in [2.24, 2.45) is 0 Å². The van der Waals surface area contributed by atoms with Crippen LogP contribution in [0.5, 0.6) is 0 Å². The van der Waals surface area contributed by atoms with Crippen LogP contribution in [0, 0.1) is 0 Å². The molecule has 0 spiro atoms. The highest BCUT2D eigenvalue weighted by molar-refractivity contribution is 5.96. The normalized spacial score (nSPS) is 12.8. The maximum atomic E-state index is 12.3. The number of carbonyl (C=O) groups is 2. The molecule has 1 aliphatic rings. The van der Waals surface area contributed by atoms with Crippen LogP contribution in [-0.2, 0) is 24.2 Å². The molecule has 1 N–H and O–H groups in total. The third-order valence-electron chi connectivity index (χ3n) is 5.29. The second kappa shape index (κ2) is 8.78. The summed E-state index contributed by atoms with van der Waals surface area (Å²) in [5, 5.41) is 2.88. The van der Waals surface area contributed by atoms with Gasteiger partial charge in [0, 0.05) is 31.4 Å². The Kier molecular flexibility index (Phi) is 5.75. The number of anilines is 1. The van der Waals surface area contributed by atoms with Crippen molar-refractivity contribution < 1.29 is 14.3 Å². The molecule has 0 saturated carbocycles. The number of fused-ring (bicyclic) bond motifs is 1. The van der Waals surface area contributed by atoms with Gasteiger partial charge in [0.1, 0.15) is 5.82 Å². The minimum atomic E-state index is -0.426. The molecule has 4 rings (SSSR count). The summed E-state index contributed by atoms with van der Waals surface area (Å²) in [6.45, 7) is 2.19. The lowest BCUT2D eigenvalue weighted by atomic mass is 10.00. The Bertz CT molecular complexity index is 1050. The molecule has 6 heteroatoms. The topological polar surface area (TPSA) is 71.5 Å². The summed E-state index contributed by atoms with van der Waals surface area (Å²) in [5.74, 6) is 0.312. The fourth-order valence-electron chi connectivity index (χ4n) is 3.56. The molecule has 3 aromatic rings. The Morgan fingerprint density at radius 1 is 1.00 bits per heavy atom. The number of nitrogens with zero attached hydrogens (tertiary/aromatic N) is 2. The largest absolute Gasteiger partial charge is 0.465 e. The van der Waals surface area contributed by atoms with Gasteiger partial charge in [-0.25, -0.2) is 9.78 Å². The molecule has 0 fully saturated rings. The molecule has 1 amide bonds. The van der Waals surface area contributed by atoms with Gasteiger partial charge in [0.2, 0.25) is 0 Å². The van der Waals surface area contributed by atoms with Crippen molar-refractivity contribution in [3.63, 3.8) is 0 Å². The number of nitrogens with one attached hydrogen (secondary N) is 1. The maximum absolute atomic E-state index is 12.3. The van der Waals surface area contributed by atoms with Crippen molar-refractivity contribution in [3.8, 4) is 0 Å². The third-order valence-corrected chi connectivity index (χ3v) is 5.29. The zero-order chi connectivity index (χ0) is 20.9. The summed E-state index contributed by atoms with van der Waals surface area (Å²) in [7, 11) is 1.33. The molecule has 0 radical (unpaired) electrons. The van der Waals surface area contributed by atoms with Gasteiger partial charge in [0.15, 0.2) is 0 Å². The van der Waals surface area contributed by atoms with Gasteiger partial charge >= 0.3 is 5.97 Å². The molecule has 0 unspecified atom stereocenters. The molecule has 2 heterocycles. The van der Waals surface area contributed by atoms with Crippen LogP contribution in [0.4, 0.5) is 5.82 Å². The number of hydrogen-bond acceptors (Lipinski definition) is 5. The van der Waals surface area contributed by atoms with Crippen LogP contribution < -0.4 is 10.2 Å². The fraction of sp³-hybridized carbons (Fsp3) is 0.208. The van der Waals surface area contributed by atoms with Crippen LogP contribution in [0.25, 0.3) is 0 Å². The second-order valence-corrected chi connectivity index (χ2v) is 7.22. The molecule has 2 aromatic carbocycles. The zero-order valence-corrected chi connectivity index (χ0v) is 16.8. The number of esters is 1. The van der Waals surface area contributed by atoms with E-state index in [4.69, 9.17) is 0 Å². The summed E-state index contributed by atoms with van der Waals surface area (Å²) < 4.78 is 4.66. The van der Waals surface area contributed by atoms with Gasteiger partial charge in [-0.2, -0.15) is 0 Å². The standard InChI is InChI=1S/C24H23N3O3/c1-30-24(29)20-9-7-19(8-10-20)23(28)26-15-17-6-11-22(25-14-17)27-13-12-18-4-2-3-5-21(18)16-27/h2-11,14H,12-13,15-16H2,1H3,(H,26,28). The van der Waals surface area contributed by atoms with E-state index in [1.54, 1.807) is 30.5 Å². The van der Waals surface area contributed by atoms with E-state index in [0.717, 1.165) is 30.9 Å². The van der Waals surface area contributed by atoms with Gasteiger partial charge in [0.05, 0.1) is 12.7 Å². The molecule has 0 aliphatic carbocycles. The van der Waals surface area contributed by atoms with Crippen LogP contribution >= 0.6 is 0 Å². The summed E-state index contributed by atoms with van der Waals surface area (Å²) in [6, 6.07) is 18.9. The highest BCUT2D eigenvalue weighted by Crippen LogP contribution is 2.23. The Labute approximate surface area is 175 Å². The SMILES string of the molecule is COC(=O)c1ccc(C(=O)NCc2ccc(N3CCc4ccccc4C3)nc2)cc1. The van der Waals surface area contributed by atoms with Gasteiger partial charge in [-0.1, -0.05) is 30.3 Å². The van der Waals surface area contributed by atoms with Crippen molar-refractivity contribution in [2.45, 2.75) is 19.5 Å². The van der Waals surface area contributed by atoms with E-state index in [2.05, 4.69) is 44.2 Å². The number of carbonyl (C=O) groups excluding carboxylic acids is 2. The molecule has 0 saturated heterocycles. The lowest BCUT2D eigenvalue weighted by Gasteiger charge is -2.29. The van der Waals surface area contributed by atoms with Gasteiger partial charge < -0.3 is 15.0 Å². The summed E-state index contributed by atoms with van der Waals surface area (Å²) in [6.07, 6.45) is 2.82.